The summed E-state index contributed by atoms with van der Waals surface area (Å²) >= 11 is 0. The van der Waals surface area contributed by atoms with Gasteiger partial charge < -0.3 is 25.1 Å². The molecular weight excluding hydrogens is 434 g/mol. The first-order valence-electron chi connectivity index (χ1n) is 11.1. The van der Waals surface area contributed by atoms with Crippen LogP contribution in [0.1, 0.15) is 47.5 Å². The largest absolute Gasteiger partial charge is 0.481 e. The zero-order chi connectivity index (χ0) is 25.7. The summed E-state index contributed by atoms with van der Waals surface area (Å²) in [5.74, 6) is -1.81. The van der Waals surface area contributed by atoms with E-state index < -0.39 is 30.1 Å². The highest BCUT2D eigenvalue weighted by Crippen LogP contribution is 2.39. The molecule has 0 saturated carbocycles. The zero-order valence-corrected chi connectivity index (χ0v) is 20.6. The molecule has 2 saturated heterocycles. The fourth-order valence-electron chi connectivity index (χ4n) is 4.65. The first kappa shape index (κ1) is 28.5. The number of hydrogen-bond acceptors (Lipinski definition) is 5. The summed E-state index contributed by atoms with van der Waals surface area (Å²) in [4.78, 5) is 52.7. The highest BCUT2D eigenvalue weighted by Gasteiger charge is 2.47. The van der Waals surface area contributed by atoms with Crippen molar-refractivity contribution in [3.05, 3.63) is 0 Å². The Balaban J connectivity index is 0.000000331. The quantitative estimate of drug-likeness (QED) is 0.530. The third kappa shape index (κ3) is 7.21. The molecule has 0 aliphatic carbocycles. The average molecular weight is 474 g/mol. The number of carbonyl (C=O) groups excluding carboxylic acids is 1. The highest BCUT2D eigenvalue weighted by atomic mass is 16.7. The third-order valence-corrected chi connectivity index (χ3v) is 6.66. The van der Waals surface area contributed by atoms with Gasteiger partial charge in [0.25, 0.3) is 5.91 Å². The maximum Gasteiger partial charge on any atom is 0.407 e. The van der Waals surface area contributed by atoms with Crippen LogP contribution in [0.2, 0.25) is 0 Å². The van der Waals surface area contributed by atoms with Gasteiger partial charge in [0.1, 0.15) is 0 Å². The van der Waals surface area contributed by atoms with E-state index in [-0.39, 0.29) is 35.6 Å². The highest BCUT2D eigenvalue weighted by molar-refractivity contribution is 5.79. The van der Waals surface area contributed by atoms with Gasteiger partial charge in [0.05, 0.1) is 25.0 Å². The van der Waals surface area contributed by atoms with Crippen LogP contribution in [0.25, 0.3) is 0 Å². The lowest BCUT2D eigenvalue weighted by Crippen LogP contribution is -2.58. The van der Waals surface area contributed by atoms with Crippen LogP contribution in [-0.2, 0) is 14.4 Å². The van der Waals surface area contributed by atoms with Crippen molar-refractivity contribution in [1.82, 2.24) is 14.9 Å². The number of carboxylic acids is 1. The summed E-state index contributed by atoms with van der Waals surface area (Å²) in [7, 11) is 2.95. The standard InChI is InChI=1S/C12H21NO4.C10H18N2O4/c1-7-5-6-13(11(16)17)9(12(2,3)4)8(7)10(14)15;1-7-4-5-12(10(14)15)6-8(7)9(13)11(2)16-3/h7-9H,5-6H2,1-4H3,(H,14,15)(H,16,17);7-8H,4-6H2,1-3H3,(H,14,15). The third-order valence-electron chi connectivity index (χ3n) is 6.66. The van der Waals surface area contributed by atoms with Crippen molar-refractivity contribution in [3.8, 4) is 0 Å². The van der Waals surface area contributed by atoms with Crippen LogP contribution in [0.4, 0.5) is 9.59 Å². The van der Waals surface area contributed by atoms with Crippen LogP contribution in [0.3, 0.4) is 0 Å². The molecular formula is C22H39N3O8. The van der Waals surface area contributed by atoms with Gasteiger partial charge in [0, 0.05) is 26.7 Å². The number of carboxylic acid groups (broad SMARTS) is 3. The summed E-state index contributed by atoms with van der Waals surface area (Å²) in [6, 6.07) is -0.471. The van der Waals surface area contributed by atoms with Gasteiger partial charge in [-0.05, 0) is 30.1 Å². The van der Waals surface area contributed by atoms with Crippen molar-refractivity contribution in [2.45, 2.75) is 53.5 Å². The second kappa shape index (κ2) is 11.5. The Labute approximate surface area is 195 Å². The summed E-state index contributed by atoms with van der Waals surface area (Å²) in [6.45, 7) is 10.7. The van der Waals surface area contributed by atoms with Crippen LogP contribution in [0, 0.1) is 29.1 Å². The van der Waals surface area contributed by atoms with Gasteiger partial charge in [-0.1, -0.05) is 34.6 Å². The normalized spacial score (nSPS) is 27.8. The second-order valence-corrected chi connectivity index (χ2v) is 10.0. The van der Waals surface area contributed by atoms with Gasteiger partial charge in [-0.25, -0.2) is 14.7 Å². The number of hydrogen-bond donors (Lipinski definition) is 3. The van der Waals surface area contributed by atoms with Gasteiger partial charge in [-0.15, -0.1) is 0 Å². The minimum Gasteiger partial charge on any atom is -0.481 e. The molecule has 5 atom stereocenters. The first-order valence-corrected chi connectivity index (χ1v) is 11.1. The molecule has 2 fully saturated rings. The molecule has 11 heteroatoms. The van der Waals surface area contributed by atoms with E-state index in [4.69, 9.17) is 9.94 Å². The molecule has 0 aromatic rings. The molecule has 0 spiro atoms. The topological polar surface area (TPSA) is 148 Å². The number of aliphatic carboxylic acids is 1. The number of piperidine rings is 2. The Morgan fingerprint density at radius 1 is 0.939 bits per heavy atom. The average Bonchev–Trinajstić information content (AvgIpc) is 2.71. The van der Waals surface area contributed by atoms with E-state index in [9.17, 15) is 29.4 Å². The zero-order valence-electron chi connectivity index (χ0n) is 20.6. The van der Waals surface area contributed by atoms with Crippen molar-refractivity contribution >= 4 is 24.1 Å². The number of amides is 3. The Kier molecular flexibility index (Phi) is 9.95. The first-order chi connectivity index (χ1) is 15.1. The lowest BCUT2D eigenvalue weighted by molar-refractivity contribution is -0.176. The van der Waals surface area contributed by atoms with E-state index in [2.05, 4.69) is 0 Å². The van der Waals surface area contributed by atoms with Crippen molar-refractivity contribution in [2.24, 2.45) is 29.1 Å². The fraction of sp³-hybridized carbons (Fsp3) is 0.818. The molecule has 0 aromatic carbocycles. The molecule has 11 nitrogen and oxygen atoms in total. The number of nitrogens with zero attached hydrogens (tertiary/aromatic N) is 3. The summed E-state index contributed by atoms with van der Waals surface area (Å²) < 4.78 is 0. The maximum absolute atomic E-state index is 11.9. The molecule has 33 heavy (non-hydrogen) atoms. The Morgan fingerprint density at radius 3 is 1.91 bits per heavy atom. The molecule has 0 bridgehead atoms. The summed E-state index contributed by atoms with van der Waals surface area (Å²) in [6.07, 6.45) is -0.677. The number of carbonyl (C=O) groups is 4. The van der Waals surface area contributed by atoms with Crippen LogP contribution in [0.5, 0.6) is 0 Å². The van der Waals surface area contributed by atoms with Crippen molar-refractivity contribution in [3.63, 3.8) is 0 Å². The van der Waals surface area contributed by atoms with Crippen molar-refractivity contribution < 1.29 is 39.3 Å². The number of hydroxylamine groups is 2. The number of rotatable bonds is 3. The van der Waals surface area contributed by atoms with E-state index in [1.807, 2.05) is 34.6 Å². The predicted octanol–water partition coefficient (Wildman–Crippen LogP) is 2.76. The number of likely N-dealkylation sites (tertiary alicyclic amines) is 2. The van der Waals surface area contributed by atoms with Crippen LogP contribution < -0.4 is 0 Å². The summed E-state index contributed by atoms with van der Waals surface area (Å²) in [5, 5.41) is 28.6. The fourth-order valence-corrected chi connectivity index (χ4v) is 4.65. The Morgan fingerprint density at radius 2 is 1.48 bits per heavy atom. The van der Waals surface area contributed by atoms with Gasteiger partial charge in [0.15, 0.2) is 0 Å². The molecule has 0 aromatic heterocycles. The summed E-state index contributed by atoms with van der Waals surface area (Å²) in [5.41, 5.74) is -0.379. The SMILES string of the molecule is CC1CCN(C(=O)O)C(C(C)(C)C)C1C(=O)O.CON(C)C(=O)C1CN(C(=O)O)CCC1C. The predicted molar refractivity (Wildman–Crippen MR) is 120 cm³/mol. The van der Waals surface area contributed by atoms with Crippen LogP contribution >= 0.6 is 0 Å². The molecule has 0 radical (unpaired) electrons. The Hall–Kier alpha value is -2.56. The van der Waals surface area contributed by atoms with Crippen LogP contribution in [0.15, 0.2) is 0 Å². The molecule has 2 aliphatic rings. The van der Waals surface area contributed by atoms with E-state index in [1.54, 1.807) is 0 Å². The molecule has 5 unspecified atom stereocenters. The van der Waals surface area contributed by atoms with E-state index >= 15 is 0 Å². The van der Waals surface area contributed by atoms with E-state index in [0.717, 1.165) is 5.06 Å². The van der Waals surface area contributed by atoms with Gasteiger partial charge in [-0.3, -0.25) is 14.4 Å². The molecule has 190 valence electrons. The smallest absolute Gasteiger partial charge is 0.407 e. The van der Waals surface area contributed by atoms with Gasteiger partial charge in [-0.2, -0.15) is 0 Å². The van der Waals surface area contributed by atoms with Crippen molar-refractivity contribution in [2.75, 3.05) is 33.8 Å². The molecule has 3 amide bonds. The lowest BCUT2D eigenvalue weighted by Gasteiger charge is -2.47. The van der Waals surface area contributed by atoms with Crippen LogP contribution in [-0.4, -0.2) is 94.1 Å². The second-order valence-electron chi connectivity index (χ2n) is 10.0. The molecule has 2 rings (SSSR count). The van der Waals surface area contributed by atoms with E-state index in [1.165, 1.54) is 24.0 Å². The lowest BCUT2D eigenvalue weighted by atomic mass is 9.70. The molecule has 2 aliphatic heterocycles. The molecule has 3 N–H and O–H groups in total. The van der Waals surface area contributed by atoms with E-state index in [0.29, 0.717) is 25.9 Å². The van der Waals surface area contributed by atoms with Crippen molar-refractivity contribution in [1.29, 1.82) is 0 Å². The monoisotopic (exact) mass is 473 g/mol. The minimum atomic E-state index is -1.02. The van der Waals surface area contributed by atoms with Gasteiger partial charge >= 0.3 is 18.2 Å². The molecule has 2 heterocycles. The van der Waals surface area contributed by atoms with Gasteiger partial charge in [0.2, 0.25) is 0 Å². The maximum atomic E-state index is 11.9. The minimum absolute atomic E-state index is 0.00678. The Bertz CT molecular complexity index is 723.